The highest BCUT2D eigenvalue weighted by atomic mass is 16.5. The average Bonchev–Trinajstić information content (AvgIpc) is 2.49. The van der Waals surface area contributed by atoms with Crippen LogP contribution in [0.15, 0.2) is 48.5 Å². The van der Waals surface area contributed by atoms with Crippen LogP contribution in [0.5, 0.6) is 11.5 Å². The van der Waals surface area contributed by atoms with Crippen molar-refractivity contribution in [3.05, 3.63) is 54.1 Å². The minimum atomic E-state index is -0.166. The van der Waals surface area contributed by atoms with Gasteiger partial charge < -0.3 is 15.4 Å². The predicted octanol–water partition coefficient (Wildman–Crippen LogP) is 2.41. The van der Waals surface area contributed by atoms with Gasteiger partial charge in [0.2, 0.25) is 6.41 Å². The van der Waals surface area contributed by atoms with Crippen LogP contribution in [0, 0.1) is 0 Å². The fourth-order valence-electron chi connectivity index (χ4n) is 1.67. The Morgan fingerprint density at radius 1 is 1.10 bits per heavy atom. The lowest BCUT2D eigenvalue weighted by molar-refractivity contribution is -0.105. The van der Waals surface area contributed by atoms with E-state index in [9.17, 15) is 9.59 Å². The van der Waals surface area contributed by atoms with Crippen LogP contribution in [0.25, 0.3) is 0 Å². The Balaban J connectivity index is 2.13. The predicted molar refractivity (Wildman–Crippen MR) is 76.0 cm³/mol. The number of hydrogen-bond donors (Lipinski definition) is 2. The van der Waals surface area contributed by atoms with Gasteiger partial charge in [0.1, 0.15) is 11.5 Å². The van der Waals surface area contributed by atoms with Crippen molar-refractivity contribution in [2.45, 2.75) is 0 Å². The lowest BCUT2D eigenvalue weighted by atomic mass is 10.2. The van der Waals surface area contributed by atoms with Crippen molar-refractivity contribution in [3.8, 4) is 11.5 Å². The molecule has 0 radical (unpaired) electrons. The molecule has 0 aliphatic heterocycles. The zero-order valence-electron chi connectivity index (χ0n) is 10.9. The van der Waals surface area contributed by atoms with E-state index in [2.05, 4.69) is 10.6 Å². The highest BCUT2D eigenvalue weighted by Crippen LogP contribution is 2.23. The molecule has 0 fully saturated rings. The maximum absolute atomic E-state index is 11.5. The molecule has 2 aromatic carbocycles. The molecule has 0 unspecified atom stereocenters. The summed E-state index contributed by atoms with van der Waals surface area (Å²) in [7, 11) is 1.58. The molecule has 20 heavy (non-hydrogen) atoms. The number of anilines is 1. The highest BCUT2D eigenvalue weighted by Gasteiger charge is 2.05. The number of carbonyl (C=O) groups is 2. The van der Waals surface area contributed by atoms with Gasteiger partial charge >= 0.3 is 0 Å². The summed E-state index contributed by atoms with van der Waals surface area (Å²) in [4.78, 5) is 21.8. The van der Waals surface area contributed by atoms with Crippen molar-refractivity contribution in [1.29, 1.82) is 0 Å². The molecule has 2 rings (SSSR count). The van der Waals surface area contributed by atoms with Crippen LogP contribution >= 0.6 is 0 Å². The van der Waals surface area contributed by atoms with Gasteiger partial charge in [0.15, 0.2) is 0 Å². The molecule has 2 amide bonds. The number of benzene rings is 2. The zero-order valence-corrected chi connectivity index (χ0v) is 10.9. The lowest BCUT2D eigenvalue weighted by Crippen LogP contribution is -2.17. The number of amides is 2. The minimum Gasteiger partial charge on any atom is -0.457 e. The zero-order chi connectivity index (χ0) is 14.4. The van der Waals surface area contributed by atoms with Gasteiger partial charge in [0.25, 0.3) is 5.91 Å². The molecule has 0 bridgehead atoms. The van der Waals surface area contributed by atoms with Crippen LogP contribution in [0.3, 0.4) is 0 Å². The SMILES string of the molecule is CNC(=O)c1cccc(Oc2ccc(NC=O)cc2)c1. The molecule has 0 aliphatic carbocycles. The molecule has 2 N–H and O–H groups in total. The molecule has 0 heterocycles. The molecule has 102 valence electrons. The van der Waals surface area contributed by atoms with Crippen LogP contribution in [-0.2, 0) is 4.79 Å². The summed E-state index contributed by atoms with van der Waals surface area (Å²) < 4.78 is 5.65. The number of nitrogens with one attached hydrogen (secondary N) is 2. The van der Waals surface area contributed by atoms with Crippen molar-refractivity contribution in [2.24, 2.45) is 0 Å². The fourth-order valence-corrected chi connectivity index (χ4v) is 1.67. The van der Waals surface area contributed by atoms with Crippen molar-refractivity contribution < 1.29 is 14.3 Å². The van der Waals surface area contributed by atoms with Crippen LogP contribution in [0.1, 0.15) is 10.4 Å². The summed E-state index contributed by atoms with van der Waals surface area (Å²) >= 11 is 0. The first kappa shape index (κ1) is 13.6. The van der Waals surface area contributed by atoms with Gasteiger partial charge in [-0.2, -0.15) is 0 Å². The Morgan fingerprint density at radius 2 is 1.85 bits per heavy atom. The number of hydrogen-bond acceptors (Lipinski definition) is 3. The summed E-state index contributed by atoms with van der Waals surface area (Å²) in [5.41, 5.74) is 1.22. The molecule has 0 aromatic heterocycles. The second-order valence-electron chi connectivity index (χ2n) is 4.00. The molecule has 5 nitrogen and oxygen atoms in total. The van der Waals surface area contributed by atoms with E-state index < -0.39 is 0 Å². The molecule has 0 aliphatic rings. The Labute approximate surface area is 116 Å². The molecule has 5 heteroatoms. The summed E-state index contributed by atoms with van der Waals surface area (Å²) in [6, 6.07) is 13.8. The van der Waals surface area contributed by atoms with Gasteiger partial charge in [-0.3, -0.25) is 9.59 Å². The number of carbonyl (C=O) groups excluding carboxylic acids is 2. The molecular formula is C15H14N2O3. The smallest absolute Gasteiger partial charge is 0.251 e. The summed E-state index contributed by atoms with van der Waals surface area (Å²) in [6.07, 6.45) is 0.614. The number of rotatable bonds is 5. The normalized spacial score (nSPS) is 9.65. The van der Waals surface area contributed by atoms with E-state index in [0.717, 1.165) is 0 Å². The molecule has 0 spiro atoms. The summed E-state index contributed by atoms with van der Waals surface area (Å²) in [5, 5.41) is 5.10. The van der Waals surface area contributed by atoms with E-state index >= 15 is 0 Å². The maximum atomic E-state index is 11.5. The Hall–Kier alpha value is -2.82. The minimum absolute atomic E-state index is 0.166. The molecular weight excluding hydrogens is 256 g/mol. The van der Waals surface area contributed by atoms with Gasteiger partial charge in [-0.05, 0) is 42.5 Å². The first-order valence-corrected chi connectivity index (χ1v) is 6.03. The van der Waals surface area contributed by atoms with E-state index in [-0.39, 0.29) is 5.91 Å². The quantitative estimate of drug-likeness (QED) is 0.820. The first-order chi connectivity index (χ1) is 9.72. The number of ether oxygens (including phenoxy) is 1. The Morgan fingerprint density at radius 3 is 2.50 bits per heavy atom. The topological polar surface area (TPSA) is 67.4 Å². The Bertz CT molecular complexity index is 609. The van der Waals surface area contributed by atoms with Crippen molar-refractivity contribution in [2.75, 3.05) is 12.4 Å². The third kappa shape index (κ3) is 3.35. The fraction of sp³-hybridized carbons (Fsp3) is 0.0667. The standard InChI is InChI=1S/C15H14N2O3/c1-16-15(19)11-3-2-4-14(9-11)20-13-7-5-12(6-8-13)17-10-18/h2-10H,1H3,(H,16,19)(H,17,18). The van der Waals surface area contributed by atoms with E-state index in [4.69, 9.17) is 4.74 Å². The van der Waals surface area contributed by atoms with Gasteiger partial charge in [-0.1, -0.05) is 6.07 Å². The van der Waals surface area contributed by atoms with E-state index in [1.165, 1.54) is 0 Å². The van der Waals surface area contributed by atoms with Crippen molar-refractivity contribution in [3.63, 3.8) is 0 Å². The second-order valence-corrected chi connectivity index (χ2v) is 4.00. The molecule has 2 aromatic rings. The molecule has 0 saturated heterocycles. The largest absolute Gasteiger partial charge is 0.457 e. The van der Waals surface area contributed by atoms with Crippen LogP contribution in [0.2, 0.25) is 0 Å². The van der Waals surface area contributed by atoms with Gasteiger partial charge in [0, 0.05) is 18.3 Å². The van der Waals surface area contributed by atoms with E-state index in [1.807, 2.05) is 0 Å². The van der Waals surface area contributed by atoms with E-state index in [0.29, 0.717) is 29.2 Å². The van der Waals surface area contributed by atoms with Crippen LogP contribution in [-0.4, -0.2) is 19.4 Å². The van der Waals surface area contributed by atoms with Crippen molar-refractivity contribution >= 4 is 18.0 Å². The lowest BCUT2D eigenvalue weighted by Gasteiger charge is -2.08. The molecule has 0 atom stereocenters. The molecule has 0 saturated carbocycles. The van der Waals surface area contributed by atoms with Crippen molar-refractivity contribution in [1.82, 2.24) is 5.32 Å². The van der Waals surface area contributed by atoms with Gasteiger partial charge in [-0.15, -0.1) is 0 Å². The first-order valence-electron chi connectivity index (χ1n) is 6.03. The maximum Gasteiger partial charge on any atom is 0.251 e. The average molecular weight is 270 g/mol. The Kier molecular flexibility index (Phi) is 4.34. The van der Waals surface area contributed by atoms with Gasteiger partial charge in [0.05, 0.1) is 0 Å². The monoisotopic (exact) mass is 270 g/mol. The van der Waals surface area contributed by atoms with Gasteiger partial charge in [-0.25, -0.2) is 0 Å². The highest BCUT2D eigenvalue weighted by molar-refractivity contribution is 5.94. The third-order valence-corrected chi connectivity index (χ3v) is 2.64. The van der Waals surface area contributed by atoms with Crippen LogP contribution in [0.4, 0.5) is 5.69 Å². The summed E-state index contributed by atoms with van der Waals surface area (Å²) in [6.45, 7) is 0. The van der Waals surface area contributed by atoms with Crippen LogP contribution < -0.4 is 15.4 Å². The third-order valence-electron chi connectivity index (χ3n) is 2.64. The second kappa shape index (κ2) is 6.38. The summed E-state index contributed by atoms with van der Waals surface area (Å²) in [5.74, 6) is 1.03. The van der Waals surface area contributed by atoms with E-state index in [1.54, 1.807) is 55.6 Å².